The number of aromatic nitrogens is 3. The molecule has 0 unspecified atom stereocenters. The lowest BCUT2D eigenvalue weighted by molar-refractivity contribution is 0.0946. The van der Waals surface area contributed by atoms with Crippen molar-refractivity contribution >= 4 is 5.91 Å². The third-order valence-electron chi connectivity index (χ3n) is 3.77. The first-order valence-corrected chi connectivity index (χ1v) is 8.13. The van der Waals surface area contributed by atoms with Crippen LogP contribution in [0.3, 0.4) is 0 Å². The van der Waals surface area contributed by atoms with Gasteiger partial charge in [0.15, 0.2) is 0 Å². The molecule has 0 radical (unpaired) electrons. The zero-order valence-electron chi connectivity index (χ0n) is 14.3. The van der Waals surface area contributed by atoms with Crippen LogP contribution in [0.15, 0.2) is 54.7 Å². The van der Waals surface area contributed by atoms with Gasteiger partial charge in [0.25, 0.3) is 5.91 Å². The first kappa shape index (κ1) is 16.7. The average molecular weight is 336 g/mol. The molecule has 0 aliphatic heterocycles. The number of aryl methyl sites for hydroxylation is 1. The van der Waals surface area contributed by atoms with Gasteiger partial charge in [0.05, 0.1) is 30.1 Å². The number of nitrogens with one attached hydrogen (secondary N) is 1. The monoisotopic (exact) mass is 336 g/mol. The van der Waals surface area contributed by atoms with Gasteiger partial charge in [-0.15, -0.1) is 0 Å². The smallest absolute Gasteiger partial charge is 0.255 e. The number of pyridine rings is 1. The number of rotatable bonds is 6. The number of carbonyl (C=O) groups excluding carboxylic acids is 1. The minimum atomic E-state index is -0.176. The predicted octanol–water partition coefficient (Wildman–Crippen LogP) is 2.81. The van der Waals surface area contributed by atoms with Gasteiger partial charge < -0.3 is 10.1 Å². The van der Waals surface area contributed by atoms with Crippen molar-refractivity contribution in [3.8, 4) is 17.1 Å². The molecule has 0 aliphatic rings. The molecule has 0 saturated heterocycles. The molecule has 0 aliphatic carbocycles. The second-order valence-electron chi connectivity index (χ2n) is 5.47. The lowest BCUT2D eigenvalue weighted by atomic mass is 10.2. The lowest BCUT2D eigenvalue weighted by Gasteiger charge is -2.10. The van der Waals surface area contributed by atoms with Crippen molar-refractivity contribution in [1.82, 2.24) is 20.1 Å². The van der Waals surface area contributed by atoms with Crippen molar-refractivity contribution in [2.75, 3.05) is 6.61 Å². The summed E-state index contributed by atoms with van der Waals surface area (Å²) in [7, 11) is 1.85. The molecule has 0 fully saturated rings. The van der Waals surface area contributed by atoms with Crippen molar-refractivity contribution in [3.63, 3.8) is 0 Å². The van der Waals surface area contributed by atoms with Crippen molar-refractivity contribution in [2.24, 2.45) is 7.05 Å². The molecule has 6 nitrogen and oxygen atoms in total. The van der Waals surface area contributed by atoms with E-state index < -0.39 is 0 Å². The summed E-state index contributed by atoms with van der Waals surface area (Å²) in [5, 5.41) is 7.38. The Morgan fingerprint density at radius 1 is 1.16 bits per heavy atom. The number of hydrogen-bond acceptors (Lipinski definition) is 4. The summed E-state index contributed by atoms with van der Waals surface area (Å²) in [6.07, 6.45) is 1.73. The Morgan fingerprint density at radius 3 is 2.72 bits per heavy atom. The number of nitrogens with zero attached hydrogens (tertiary/aromatic N) is 3. The average Bonchev–Trinajstić information content (AvgIpc) is 3.02. The Balaban J connectivity index is 1.72. The van der Waals surface area contributed by atoms with Gasteiger partial charge in [-0.05, 0) is 37.3 Å². The largest absolute Gasteiger partial charge is 0.493 e. The number of amides is 1. The number of ether oxygens (including phenoxy) is 1. The molecule has 0 atom stereocenters. The molecule has 0 spiro atoms. The van der Waals surface area contributed by atoms with Crippen LogP contribution in [0.1, 0.15) is 23.0 Å². The Hall–Kier alpha value is -3.15. The second-order valence-corrected chi connectivity index (χ2v) is 5.47. The zero-order valence-corrected chi connectivity index (χ0v) is 14.3. The minimum absolute atomic E-state index is 0.176. The molecular weight excluding hydrogens is 316 g/mol. The second kappa shape index (κ2) is 7.61. The highest BCUT2D eigenvalue weighted by Crippen LogP contribution is 2.19. The third-order valence-corrected chi connectivity index (χ3v) is 3.77. The maximum Gasteiger partial charge on any atom is 0.255 e. The van der Waals surface area contributed by atoms with Gasteiger partial charge in [-0.2, -0.15) is 5.10 Å². The van der Waals surface area contributed by atoms with E-state index >= 15 is 0 Å². The number of benzene rings is 1. The molecule has 2 heterocycles. The van der Waals surface area contributed by atoms with E-state index in [2.05, 4.69) is 15.4 Å². The highest BCUT2D eigenvalue weighted by molar-refractivity contribution is 5.96. The van der Waals surface area contributed by atoms with Gasteiger partial charge >= 0.3 is 0 Å². The van der Waals surface area contributed by atoms with Crippen LogP contribution in [0.25, 0.3) is 11.4 Å². The van der Waals surface area contributed by atoms with Crippen molar-refractivity contribution in [1.29, 1.82) is 0 Å². The van der Waals surface area contributed by atoms with E-state index in [4.69, 9.17) is 4.74 Å². The molecule has 2 aromatic heterocycles. The first-order chi connectivity index (χ1) is 12.2. The molecule has 3 rings (SSSR count). The normalized spacial score (nSPS) is 10.5. The Bertz CT molecular complexity index is 859. The summed E-state index contributed by atoms with van der Waals surface area (Å²) in [6.45, 7) is 2.78. The van der Waals surface area contributed by atoms with E-state index in [0.717, 1.165) is 17.1 Å². The van der Waals surface area contributed by atoms with E-state index in [1.54, 1.807) is 23.0 Å². The van der Waals surface area contributed by atoms with Gasteiger partial charge in [-0.25, -0.2) is 0 Å². The molecule has 1 amide bonds. The summed E-state index contributed by atoms with van der Waals surface area (Å²) in [6, 6.07) is 14.8. The van der Waals surface area contributed by atoms with Crippen molar-refractivity contribution in [2.45, 2.75) is 13.5 Å². The van der Waals surface area contributed by atoms with Crippen LogP contribution in [-0.2, 0) is 13.6 Å². The Morgan fingerprint density at radius 2 is 1.96 bits per heavy atom. The molecule has 6 heteroatoms. The van der Waals surface area contributed by atoms with Crippen LogP contribution < -0.4 is 10.1 Å². The van der Waals surface area contributed by atoms with E-state index in [1.165, 1.54) is 0 Å². The lowest BCUT2D eigenvalue weighted by Crippen LogP contribution is -2.24. The van der Waals surface area contributed by atoms with Gasteiger partial charge in [0.1, 0.15) is 11.4 Å². The summed E-state index contributed by atoms with van der Waals surface area (Å²) in [5.41, 5.74) is 3.00. The fraction of sp³-hybridized carbons (Fsp3) is 0.211. The highest BCUT2D eigenvalue weighted by atomic mass is 16.5. The van der Waals surface area contributed by atoms with E-state index in [9.17, 15) is 4.79 Å². The molecule has 0 saturated carbocycles. The number of para-hydroxylation sites is 1. The maximum absolute atomic E-state index is 12.5. The fourth-order valence-corrected chi connectivity index (χ4v) is 2.51. The predicted molar refractivity (Wildman–Crippen MR) is 95.2 cm³/mol. The van der Waals surface area contributed by atoms with Crippen LogP contribution in [-0.4, -0.2) is 27.3 Å². The Kier molecular flexibility index (Phi) is 5.09. The highest BCUT2D eigenvalue weighted by Gasteiger charge is 2.13. The van der Waals surface area contributed by atoms with Crippen LogP contribution >= 0.6 is 0 Å². The van der Waals surface area contributed by atoms with Crippen LogP contribution in [0, 0.1) is 0 Å². The van der Waals surface area contributed by atoms with Crippen LogP contribution in [0.2, 0.25) is 0 Å². The molecule has 3 aromatic rings. The quantitative estimate of drug-likeness (QED) is 0.751. The van der Waals surface area contributed by atoms with Gasteiger partial charge in [0, 0.05) is 13.2 Å². The first-order valence-electron chi connectivity index (χ1n) is 8.13. The Labute approximate surface area is 146 Å². The molecule has 1 aromatic carbocycles. The van der Waals surface area contributed by atoms with Gasteiger partial charge in [-0.3, -0.25) is 14.5 Å². The van der Waals surface area contributed by atoms with Crippen LogP contribution in [0.5, 0.6) is 5.75 Å². The number of hydrogen-bond donors (Lipinski definition) is 1. The topological polar surface area (TPSA) is 69.0 Å². The summed E-state index contributed by atoms with van der Waals surface area (Å²) >= 11 is 0. The van der Waals surface area contributed by atoms with E-state index in [0.29, 0.717) is 24.5 Å². The number of carbonyl (C=O) groups is 1. The molecule has 128 valence electrons. The zero-order chi connectivity index (χ0) is 17.6. The molecule has 0 bridgehead atoms. The van der Waals surface area contributed by atoms with E-state index in [1.807, 2.05) is 50.4 Å². The fourth-order valence-electron chi connectivity index (χ4n) is 2.51. The SMILES string of the molecule is CCOc1ccccc1C(=O)NCc1cc(-c2ccccn2)nn1C. The summed E-state index contributed by atoms with van der Waals surface area (Å²) in [5.74, 6) is 0.409. The van der Waals surface area contributed by atoms with Gasteiger partial charge in [0.2, 0.25) is 0 Å². The van der Waals surface area contributed by atoms with E-state index in [-0.39, 0.29) is 5.91 Å². The molecular formula is C19H20N4O2. The minimum Gasteiger partial charge on any atom is -0.493 e. The van der Waals surface area contributed by atoms with Gasteiger partial charge in [-0.1, -0.05) is 18.2 Å². The molecule has 25 heavy (non-hydrogen) atoms. The molecule has 1 N–H and O–H groups in total. The van der Waals surface area contributed by atoms with Crippen molar-refractivity contribution in [3.05, 3.63) is 66.0 Å². The summed E-state index contributed by atoms with van der Waals surface area (Å²) in [4.78, 5) is 16.8. The van der Waals surface area contributed by atoms with Crippen LogP contribution in [0.4, 0.5) is 0 Å². The van der Waals surface area contributed by atoms with Crippen molar-refractivity contribution < 1.29 is 9.53 Å². The standard InChI is InChI=1S/C19H20N4O2/c1-3-25-18-10-5-4-8-15(18)19(24)21-13-14-12-17(22-23(14)2)16-9-6-7-11-20-16/h4-12H,3,13H2,1-2H3,(H,21,24). The summed E-state index contributed by atoms with van der Waals surface area (Å²) < 4.78 is 7.26. The maximum atomic E-state index is 12.5. The third kappa shape index (κ3) is 3.85.